The van der Waals surface area contributed by atoms with Crippen molar-refractivity contribution in [2.75, 3.05) is 0 Å². The molecule has 0 amide bonds. The number of aryl methyl sites for hydroxylation is 1. The molecule has 0 unspecified atom stereocenters. The molecule has 1 aromatic carbocycles. The molecular formula is C11H9ClN2O2. The maximum atomic E-state index is 10.7. The molecule has 16 heavy (non-hydrogen) atoms. The van der Waals surface area contributed by atoms with Crippen molar-refractivity contribution in [1.82, 2.24) is 9.97 Å². The lowest BCUT2D eigenvalue weighted by molar-refractivity contribution is 0.0697. The number of halogens is 1. The molecule has 0 aliphatic heterocycles. The Balaban J connectivity index is 2.42. The third-order valence-electron chi connectivity index (χ3n) is 2.18. The molecule has 2 aromatic rings. The van der Waals surface area contributed by atoms with Crippen LogP contribution in [0, 0.1) is 6.92 Å². The second-order valence-electron chi connectivity index (χ2n) is 3.37. The number of imidazole rings is 1. The molecule has 1 heterocycles. The Labute approximate surface area is 96.9 Å². The van der Waals surface area contributed by atoms with Gasteiger partial charge >= 0.3 is 5.97 Å². The first-order chi connectivity index (χ1) is 7.58. The highest BCUT2D eigenvalue weighted by Gasteiger charge is 2.09. The summed E-state index contributed by atoms with van der Waals surface area (Å²) in [5.41, 5.74) is 1.67. The van der Waals surface area contributed by atoms with Crippen LogP contribution in [0.3, 0.4) is 0 Å². The van der Waals surface area contributed by atoms with Crippen LogP contribution in [0.2, 0.25) is 5.15 Å². The van der Waals surface area contributed by atoms with Crippen molar-refractivity contribution in [1.29, 1.82) is 0 Å². The van der Waals surface area contributed by atoms with Gasteiger partial charge < -0.3 is 10.1 Å². The standard InChI is InChI=1S/C11H9ClN2O2/c1-6-13-9(10(12)14-6)7-2-4-8(5-3-7)11(15)16/h2-5H,1H3,(H,13,14)(H,15,16). The normalized spacial score (nSPS) is 10.4. The smallest absolute Gasteiger partial charge is 0.335 e. The quantitative estimate of drug-likeness (QED) is 0.843. The van der Waals surface area contributed by atoms with Crippen LogP contribution in [0.5, 0.6) is 0 Å². The lowest BCUT2D eigenvalue weighted by atomic mass is 10.1. The summed E-state index contributed by atoms with van der Waals surface area (Å²) in [7, 11) is 0. The number of nitrogens with zero attached hydrogens (tertiary/aromatic N) is 1. The Kier molecular flexibility index (Phi) is 2.66. The fraction of sp³-hybridized carbons (Fsp3) is 0.0909. The van der Waals surface area contributed by atoms with Crippen molar-refractivity contribution in [3.63, 3.8) is 0 Å². The molecule has 4 nitrogen and oxygen atoms in total. The number of carbonyl (C=O) groups is 1. The van der Waals surface area contributed by atoms with E-state index >= 15 is 0 Å². The first-order valence-corrected chi connectivity index (χ1v) is 5.01. The maximum Gasteiger partial charge on any atom is 0.335 e. The van der Waals surface area contributed by atoms with E-state index in [-0.39, 0.29) is 5.56 Å². The van der Waals surface area contributed by atoms with Crippen LogP contribution in [0.25, 0.3) is 11.3 Å². The molecule has 0 saturated heterocycles. The number of aromatic nitrogens is 2. The van der Waals surface area contributed by atoms with E-state index in [0.717, 1.165) is 11.4 Å². The largest absolute Gasteiger partial charge is 0.478 e. The average molecular weight is 237 g/mol. The highest BCUT2D eigenvalue weighted by molar-refractivity contribution is 6.31. The Morgan fingerprint density at radius 3 is 2.44 bits per heavy atom. The molecule has 0 atom stereocenters. The van der Waals surface area contributed by atoms with Gasteiger partial charge in [-0.3, -0.25) is 0 Å². The van der Waals surface area contributed by atoms with Crippen molar-refractivity contribution in [3.8, 4) is 11.3 Å². The van der Waals surface area contributed by atoms with Crippen molar-refractivity contribution in [3.05, 3.63) is 40.8 Å². The van der Waals surface area contributed by atoms with E-state index in [9.17, 15) is 4.79 Å². The lowest BCUT2D eigenvalue weighted by Gasteiger charge is -1.98. The van der Waals surface area contributed by atoms with Gasteiger partial charge in [0.1, 0.15) is 16.7 Å². The molecule has 5 heteroatoms. The summed E-state index contributed by atoms with van der Waals surface area (Å²) in [6.07, 6.45) is 0. The number of nitrogens with one attached hydrogen (secondary N) is 1. The number of rotatable bonds is 2. The molecule has 2 N–H and O–H groups in total. The van der Waals surface area contributed by atoms with E-state index in [1.165, 1.54) is 12.1 Å². The average Bonchev–Trinajstić information content (AvgIpc) is 2.58. The summed E-state index contributed by atoms with van der Waals surface area (Å²) in [4.78, 5) is 17.8. The monoisotopic (exact) mass is 236 g/mol. The minimum atomic E-state index is -0.948. The molecule has 0 aliphatic rings. The van der Waals surface area contributed by atoms with E-state index in [4.69, 9.17) is 16.7 Å². The molecule has 0 saturated carbocycles. The van der Waals surface area contributed by atoms with Crippen molar-refractivity contribution in [2.24, 2.45) is 0 Å². The number of benzene rings is 1. The van der Waals surface area contributed by atoms with Gasteiger partial charge in [0.25, 0.3) is 0 Å². The summed E-state index contributed by atoms with van der Waals surface area (Å²) in [5.74, 6) is -0.224. The third-order valence-corrected chi connectivity index (χ3v) is 2.46. The Morgan fingerprint density at radius 1 is 1.38 bits per heavy atom. The van der Waals surface area contributed by atoms with Crippen LogP contribution in [-0.4, -0.2) is 21.0 Å². The van der Waals surface area contributed by atoms with Gasteiger partial charge in [-0.1, -0.05) is 23.7 Å². The Hall–Kier alpha value is -1.81. The zero-order valence-electron chi connectivity index (χ0n) is 8.49. The van der Waals surface area contributed by atoms with Gasteiger partial charge in [0.15, 0.2) is 0 Å². The van der Waals surface area contributed by atoms with E-state index < -0.39 is 5.97 Å². The number of aromatic amines is 1. The summed E-state index contributed by atoms with van der Waals surface area (Å²) in [5, 5.41) is 9.22. The minimum absolute atomic E-state index is 0.243. The van der Waals surface area contributed by atoms with Crippen LogP contribution < -0.4 is 0 Å². The number of carboxylic acid groups (broad SMARTS) is 1. The predicted molar refractivity (Wildman–Crippen MR) is 60.7 cm³/mol. The topological polar surface area (TPSA) is 66.0 Å². The second kappa shape index (κ2) is 3.98. The maximum absolute atomic E-state index is 10.7. The van der Waals surface area contributed by atoms with Crippen LogP contribution >= 0.6 is 11.6 Å². The van der Waals surface area contributed by atoms with Crippen molar-refractivity contribution < 1.29 is 9.90 Å². The van der Waals surface area contributed by atoms with Gasteiger partial charge in [0.05, 0.1) is 5.56 Å². The van der Waals surface area contributed by atoms with E-state index in [1.54, 1.807) is 19.1 Å². The molecule has 2 rings (SSSR count). The zero-order valence-corrected chi connectivity index (χ0v) is 9.25. The number of hydrogen-bond acceptors (Lipinski definition) is 2. The fourth-order valence-corrected chi connectivity index (χ4v) is 1.71. The van der Waals surface area contributed by atoms with Gasteiger partial charge in [-0.2, -0.15) is 0 Å². The number of H-pyrrole nitrogens is 1. The van der Waals surface area contributed by atoms with E-state index in [0.29, 0.717) is 10.8 Å². The lowest BCUT2D eigenvalue weighted by Crippen LogP contribution is -1.95. The Morgan fingerprint density at radius 2 is 2.00 bits per heavy atom. The minimum Gasteiger partial charge on any atom is -0.478 e. The number of carboxylic acids is 1. The van der Waals surface area contributed by atoms with Crippen molar-refractivity contribution in [2.45, 2.75) is 6.92 Å². The van der Waals surface area contributed by atoms with Gasteiger partial charge in [0.2, 0.25) is 0 Å². The summed E-state index contributed by atoms with van der Waals surface area (Å²) < 4.78 is 0. The van der Waals surface area contributed by atoms with E-state index in [1.807, 2.05) is 0 Å². The SMILES string of the molecule is Cc1nc(-c2ccc(C(=O)O)cc2)c(Cl)[nH]1. The summed E-state index contributed by atoms with van der Waals surface area (Å²) >= 11 is 5.95. The van der Waals surface area contributed by atoms with Gasteiger partial charge in [-0.05, 0) is 19.1 Å². The van der Waals surface area contributed by atoms with Crippen LogP contribution in [0.1, 0.15) is 16.2 Å². The second-order valence-corrected chi connectivity index (χ2v) is 3.75. The Bertz CT molecular complexity index is 531. The van der Waals surface area contributed by atoms with Crippen molar-refractivity contribution >= 4 is 17.6 Å². The third kappa shape index (κ3) is 1.92. The van der Waals surface area contributed by atoms with Gasteiger partial charge in [-0.15, -0.1) is 0 Å². The van der Waals surface area contributed by atoms with E-state index in [2.05, 4.69) is 9.97 Å². The fourth-order valence-electron chi connectivity index (χ4n) is 1.42. The predicted octanol–water partition coefficient (Wildman–Crippen LogP) is 2.74. The summed E-state index contributed by atoms with van der Waals surface area (Å²) in [6, 6.07) is 6.42. The molecule has 1 aromatic heterocycles. The summed E-state index contributed by atoms with van der Waals surface area (Å²) in [6.45, 7) is 1.81. The first-order valence-electron chi connectivity index (χ1n) is 4.64. The van der Waals surface area contributed by atoms with Gasteiger partial charge in [-0.25, -0.2) is 9.78 Å². The number of aromatic carboxylic acids is 1. The molecule has 0 radical (unpaired) electrons. The molecule has 0 bridgehead atoms. The van der Waals surface area contributed by atoms with Crippen LogP contribution in [0.4, 0.5) is 0 Å². The van der Waals surface area contributed by atoms with Crippen LogP contribution in [0.15, 0.2) is 24.3 Å². The highest BCUT2D eigenvalue weighted by Crippen LogP contribution is 2.25. The highest BCUT2D eigenvalue weighted by atomic mass is 35.5. The van der Waals surface area contributed by atoms with Crippen LogP contribution in [-0.2, 0) is 0 Å². The van der Waals surface area contributed by atoms with Gasteiger partial charge in [0, 0.05) is 5.56 Å². The first kappa shape index (κ1) is 10.7. The molecule has 82 valence electrons. The molecule has 0 aliphatic carbocycles. The molecule has 0 fully saturated rings. The zero-order chi connectivity index (χ0) is 11.7. The molecule has 0 spiro atoms. The molecular weight excluding hydrogens is 228 g/mol. The number of hydrogen-bond donors (Lipinski definition) is 2.